The number of rotatable bonds is 4. The molecule has 8 heteroatoms. The molecule has 0 radical (unpaired) electrons. The van der Waals surface area contributed by atoms with Gasteiger partial charge in [0.15, 0.2) is 0 Å². The van der Waals surface area contributed by atoms with Crippen molar-refractivity contribution in [3.63, 3.8) is 0 Å². The number of fused-ring (bicyclic) bond motifs is 1. The van der Waals surface area contributed by atoms with Crippen LogP contribution in [0.15, 0.2) is 60.8 Å². The van der Waals surface area contributed by atoms with E-state index in [2.05, 4.69) is 15.7 Å². The summed E-state index contributed by atoms with van der Waals surface area (Å²) >= 11 is 0. The van der Waals surface area contributed by atoms with Gasteiger partial charge in [0.05, 0.1) is 29.7 Å². The average molecular weight is 375 g/mol. The summed E-state index contributed by atoms with van der Waals surface area (Å²) < 4.78 is 0. The third kappa shape index (κ3) is 3.13. The molecule has 2 aliphatic rings. The zero-order chi connectivity index (χ0) is 19.7. The first-order valence-corrected chi connectivity index (χ1v) is 8.75. The number of hydrogen-bond acceptors (Lipinski definition) is 7. The maximum atomic E-state index is 12.4. The summed E-state index contributed by atoms with van der Waals surface area (Å²) in [6, 6.07) is 12.5. The van der Waals surface area contributed by atoms with Crippen molar-refractivity contribution < 1.29 is 14.7 Å². The van der Waals surface area contributed by atoms with Crippen molar-refractivity contribution >= 4 is 17.6 Å². The molecule has 3 N–H and O–H groups in total. The molecule has 0 aliphatic carbocycles. The Morgan fingerprint density at radius 2 is 1.93 bits per heavy atom. The summed E-state index contributed by atoms with van der Waals surface area (Å²) in [5.41, 5.74) is 4.15. The third-order valence-electron chi connectivity index (χ3n) is 4.91. The number of amides is 2. The number of aromatic nitrogens is 1. The summed E-state index contributed by atoms with van der Waals surface area (Å²) in [5.74, 6) is -0.959. The lowest BCUT2D eigenvalue weighted by atomic mass is 9.90. The maximum Gasteiger partial charge on any atom is 0.246 e. The van der Waals surface area contributed by atoms with Gasteiger partial charge in [-0.25, -0.2) is 4.98 Å². The number of hydrogen-bond donors (Lipinski definition) is 3. The topological polar surface area (TPSA) is 118 Å². The molecule has 0 spiro atoms. The SMILES string of the molecule is N#Cc1ccc(C(O)C2C=CC3C(=O)NC(=O)C3N2Nc2ccccn2)cc1. The Hall–Kier alpha value is -3.54. The van der Waals surface area contributed by atoms with Crippen LogP contribution in [-0.2, 0) is 9.59 Å². The van der Waals surface area contributed by atoms with Crippen molar-refractivity contribution in [3.8, 4) is 6.07 Å². The minimum absolute atomic E-state index is 0.370. The molecule has 140 valence electrons. The zero-order valence-corrected chi connectivity index (χ0v) is 14.7. The Labute approximate surface area is 161 Å². The number of anilines is 1. The van der Waals surface area contributed by atoms with Gasteiger partial charge in [0, 0.05) is 6.20 Å². The Morgan fingerprint density at radius 3 is 2.61 bits per heavy atom. The Balaban J connectivity index is 1.69. The summed E-state index contributed by atoms with van der Waals surface area (Å²) in [5, 5.41) is 23.8. The first-order chi connectivity index (χ1) is 13.6. The maximum absolute atomic E-state index is 12.4. The number of nitriles is 1. The molecule has 0 saturated carbocycles. The van der Waals surface area contributed by atoms with Crippen molar-refractivity contribution in [1.29, 1.82) is 5.26 Å². The highest BCUT2D eigenvalue weighted by Gasteiger charge is 2.49. The minimum Gasteiger partial charge on any atom is -0.386 e. The molecule has 0 bridgehead atoms. The Kier molecular flexibility index (Phi) is 4.61. The third-order valence-corrected chi connectivity index (χ3v) is 4.91. The number of pyridine rings is 1. The van der Waals surface area contributed by atoms with Crippen molar-refractivity contribution in [3.05, 3.63) is 71.9 Å². The van der Waals surface area contributed by atoms with Crippen LogP contribution in [0.5, 0.6) is 0 Å². The Morgan fingerprint density at radius 1 is 1.14 bits per heavy atom. The van der Waals surface area contributed by atoms with Crippen LogP contribution >= 0.6 is 0 Å². The standard InChI is InChI=1S/C20H17N5O3/c21-11-12-4-6-13(7-5-12)18(26)15-9-8-14-17(20(28)23-19(14)27)25(15)24-16-3-1-2-10-22-16/h1-10,14-15,17-18,26H,(H,22,24)(H,23,27,28). The van der Waals surface area contributed by atoms with Gasteiger partial charge < -0.3 is 10.5 Å². The molecule has 1 aromatic heterocycles. The van der Waals surface area contributed by atoms with Crippen molar-refractivity contribution in [2.75, 3.05) is 5.43 Å². The highest BCUT2D eigenvalue weighted by Crippen LogP contribution is 2.33. The van der Waals surface area contributed by atoms with Gasteiger partial charge in [-0.2, -0.15) is 10.3 Å². The molecule has 1 fully saturated rings. The molecule has 28 heavy (non-hydrogen) atoms. The molecule has 4 rings (SSSR count). The second-order valence-electron chi connectivity index (χ2n) is 6.61. The molecule has 1 aromatic carbocycles. The van der Waals surface area contributed by atoms with Gasteiger partial charge in [0.25, 0.3) is 0 Å². The molecule has 3 heterocycles. The predicted octanol–water partition coefficient (Wildman–Crippen LogP) is 0.895. The Bertz CT molecular complexity index is 968. The van der Waals surface area contributed by atoms with Crippen LogP contribution in [0.1, 0.15) is 17.2 Å². The number of nitrogens with one attached hydrogen (secondary N) is 2. The normalized spacial score (nSPS) is 24.9. The van der Waals surface area contributed by atoms with Crippen LogP contribution in [0.3, 0.4) is 0 Å². The molecule has 4 atom stereocenters. The van der Waals surface area contributed by atoms with E-state index >= 15 is 0 Å². The zero-order valence-electron chi connectivity index (χ0n) is 14.7. The van der Waals surface area contributed by atoms with Gasteiger partial charge in [-0.1, -0.05) is 30.4 Å². The molecule has 4 unspecified atom stereocenters. The lowest BCUT2D eigenvalue weighted by Gasteiger charge is -2.40. The summed E-state index contributed by atoms with van der Waals surface area (Å²) in [4.78, 5) is 28.7. The fourth-order valence-electron chi connectivity index (χ4n) is 3.50. The lowest BCUT2D eigenvalue weighted by Crippen LogP contribution is -2.55. The largest absolute Gasteiger partial charge is 0.386 e. The first-order valence-electron chi connectivity index (χ1n) is 8.75. The monoisotopic (exact) mass is 375 g/mol. The van der Waals surface area contributed by atoms with Gasteiger partial charge in [-0.05, 0) is 29.8 Å². The minimum atomic E-state index is -0.996. The van der Waals surface area contributed by atoms with E-state index < -0.39 is 30.0 Å². The number of nitrogens with zero attached hydrogens (tertiary/aromatic N) is 3. The van der Waals surface area contributed by atoms with E-state index in [9.17, 15) is 14.7 Å². The van der Waals surface area contributed by atoms with Crippen LogP contribution in [0.25, 0.3) is 0 Å². The van der Waals surface area contributed by atoms with E-state index in [1.807, 2.05) is 6.07 Å². The van der Waals surface area contributed by atoms with E-state index in [4.69, 9.17) is 5.26 Å². The van der Waals surface area contributed by atoms with Crippen LogP contribution in [0, 0.1) is 17.2 Å². The fraction of sp³-hybridized carbons (Fsp3) is 0.200. The van der Waals surface area contributed by atoms with Crippen molar-refractivity contribution in [1.82, 2.24) is 15.3 Å². The van der Waals surface area contributed by atoms with Crippen LogP contribution < -0.4 is 10.7 Å². The van der Waals surface area contributed by atoms with Gasteiger partial charge in [-0.3, -0.25) is 14.9 Å². The number of carbonyl (C=O) groups is 2. The summed E-state index contributed by atoms with van der Waals surface area (Å²) in [7, 11) is 0. The highest BCUT2D eigenvalue weighted by molar-refractivity contribution is 6.08. The quantitative estimate of drug-likeness (QED) is 0.536. The molecule has 2 aliphatic heterocycles. The number of imide groups is 1. The van der Waals surface area contributed by atoms with E-state index in [-0.39, 0.29) is 5.91 Å². The molecular weight excluding hydrogens is 358 g/mol. The van der Waals surface area contributed by atoms with E-state index in [1.54, 1.807) is 65.8 Å². The summed E-state index contributed by atoms with van der Waals surface area (Å²) in [6.07, 6.45) is 3.97. The number of hydrazine groups is 1. The predicted molar refractivity (Wildman–Crippen MR) is 99.2 cm³/mol. The van der Waals surface area contributed by atoms with Gasteiger partial charge >= 0.3 is 0 Å². The fourth-order valence-corrected chi connectivity index (χ4v) is 3.50. The van der Waals surface area contributed by atoms with Crippen molar-refractivity contribution in [2.24, 2.45) is 5.92 Å². The molecule has 1 saturated heterocycles. The highest BCUT2D eigenvalue weighted by atomic mass is 16.3. The molecule has 2 aromatic rings. The van der Waals surface area contributed by atoms with Crippen LogP contribution in [0.2, 0.25) is 0 Å². The van der Waals surface area contributed by atoms with Gasteiger partial charge in [-0.15, -0.1) is 0 Å². The molecule has 2 amide bonds. The number of benzene rings is 1. The lowest BCUT2D eigenvalue weighted by molar-refractivity contribution is -0.126. The summed E-state index contributed by atoms with van der Waals surface area (Å²) in [6.45, 7) is 0. The first kappa shape index (κ1) is 17.9. The van der Waals surface area contributed by atoms with Gasteiger partial charge in [0.2, 0.25) is 11.8 Å². The molecular formula is C20H17N5O3. The number of carbonyl (C=O) groups excluding carboxylic acids is 2. The second-order valence-corrected chi connectivity index (χ2v) is 6.61. The van der Waals surface area contributed by atoms with E-state index in [0.29, 0.717) is 16.9 Å². The number of aliphatic hydroxyl groups is 1. The van der Waals surface area contributed by atoms with E-state index in [1.165, 1.54) is 0 Å². The van der Waals surface area contributed by atoms with Crippen LogP contribution in [-0.4, -0.2) is 39.0 Å². The number of aliphatic hydroxyl groups excluding tert-OH is 1. The molecule has 8 nitrogen and oxygen atoms in total. The van der Waals surface area contributed by atoms with E-state index in [0.717, 1.165) is 0 Å². The average Bonchev–Trinajstić information content (AvgIpc) is 3.02. The smallest absolute Gasteiger partial charge is 0.246 e. The van der Waals surface area contributed by atoms with Gasteiger partial charge in [0.1, 0.15) is 11.9 Å². The second kappa shape index (κ2) is 7.23. The van der Waals surface area contributed by atoms with Crippen molar-refractivity contribution in [2.45, 2.75) is 18.2 Å². The van der Waals surface area contributed by atoms with Crippen LogP contribution in [0.4, 0.5) is 5.82 Å².